The highest BCUT2D eigenvalue weighted by Crippen LogP contribution is 2.11. The number of amides is 2. The fourth-order valence-electron chi connectivity index (χ4n) is 2.66. The van der Waals surface area contributed by atoms with Crippen LogP contribution in [-0.2, 0) is 28.6 Å². The molecule has 2 amide bonds. The number of ether oxygens (including phenoxy) is 3. The van der Waals surface area contributed by atoms with Crippen molar-refractivity contribution < 1.29 is 28.6 Å². The Kier molecular flexibility index (Phi) is 18.9. The molecule has 0 saturated carbocycles. The Balaban J connectivity index is 4.91. The van der Waals surface area contributed by atoms with Gasteiger partial charge in [0.1, 0.15) is 11.8 Å². The molecule has 180 valence electrons. The summed E-state index contributed by atoms with van der Waals surface area (Å²) in [5.41, 5.74) is 4.51. The minimum atomic E-state index is -0.903. The van der Waals surface area contributed by atoms with Crippen molar-refractivity contribution >= 4 is 18.1 Å². The number of nitrogens with one attached hydrogen (secondary N) is 2. The Morgan fingerprint density at radius 1 is 0.968 bits per heavy atom. The summed E-state index contributed by atoms with van der Waals surface area (Å²) < 4.78 is 17.1. The first-order valence-corrected chi connectivity index (χ1v) is 11.1. The molecule has 0 fully saturated rings. The van der Waals surface area contributed by atoms with Crippen molar-refractivity contribution in [2.75, 3.05) is 52.7 Å². The molecule has 0 aliphatic heterocycles. The molecule has 0 aromatic carbocycles. The summed E-state index contributed by atoms with van der Waals surface area (Å²) in [6.07, 6.45) is 6.37. The van der Waals surface area contributed by atoms with Gasteiger partial charge in [-0.05, 0) is 32.2 Å². The number of rotatable bonds is 22. The van der Waals surface area contributed by atoms with Gasteiger partial charge in [0.05, 0.1) is 33.0 Å². The zero-order valence-corrected chi connectivity index (χ0v) is 19.0. The molecule has 0 rings (SSSR count). The van der Waals surface area contributed by atoms with E-state index in [9.17, 15) is 14.4 Å². The number of aldehydes is 1. The van der Waals surface area contributed by atoms with Crippen molar-refractivity contribution in [3.8, 4) is 0 Å². The van der Waals surface area contributed by atoms with Gasteiger partial charge in [0.2, 0.25) is 11.8 Å². The second-order valence-electron chi connectivity index (χ2n) is 7.36. The summed E-state index contributed by atoms with van der Waals surface area (Å²) in [6.45, 7) is 8.17. The van der Waals surface area contributed by atoms with Gasteiger partial charge in [-0.25, -0.2) is 0 Å². The van der Waals surface area contributed by atoms with Crippen LogP contribution in [0.5, 0.6) is 0 Å². The summed E-state index contributed by atoms with van der Waals surface area (Å²) in [7, 11) is 0. The highest BCUT2D eigenvalue weighted by atomic mass is 16.5. The van der Waals surface area contributed by atoms with E-state index in [1.165, 1.54) is 0 Å². The van der Waals surface area contributed by atoms with Crippen LogP contribution in [0.3, 0.4) is 0 Å². The third-order valence-electron chi connectivity index (χ3n) is 4.26. The van der Waals surface area contributed by atoms with E-state index in [1.807, 2.05) is 6.92 Å². The molecule has 4 N–H and O–H groups in total. The number of carbonyl (C=O) groups is 3. The Bertz CT molecular complexity index is 504. The molecule has 1 unspecified atom stereocenters. The van der Waals surface area contributed by atoms with E-state index in [2.05, 4.69) is 17.2 Å². The van der Waals surface area contributed by atoms with Crippen LogP contribution in [-0.4, -0.2) is 76.4 Å². The average molecular weight is 444 g/mol. The lowest BCUT2D eigenvalue weighted by molar-refractivity contribution is -0.129. The Hall–Kier alpha value is -1.81. The molecule has 0 aromatic rings. The molecule has 0 bridgehead atoms. The minimum Gasteiger partial charge on any atom is -0.379 e. The number of carbonyl (C=O) groups excluding carboxylic acids is 3. The van der Waals surface area contributed by atoms with Crippen molar-refractivity contribution in [3.63, 3.8) is 0 Å². The van der Waals surface area contributed by atoms with Crippen LogP contribution in [0.25, 0.3) is 0 Å². The van der Waals surface area contributed by atoms with Crippen molar-refractivity contribution in [2.45, 2.75) is 57.4 Å². The lowest BCUT2D eigenvalue weighted by Gasteiger charge is -2.34. The number of nitrogens with two attached hydrogens (primary N) is 1. The highest BCUT2D eigenvalue weighted by Gasteiger charge is 2.33. The molecule has 0 saturated heterocycles. The summed E-state index contributed by atoms with van der Waals surface area (Å²) in [5.74, 6) is -0.249. The molecule has 0 radical (unpaired) electrons. The number of unbranched alkanes of at least 4 members (excludes halogenated alkanes) is 1. The van der Waals surface area contributed by atoms with E-state index in [0.717, 1.165) is 25.5 Å². The quantitative estimate of drug-likeness (QED) is 0.130. The molecule has 0 spiro atoms. The molecule has 0 aliphatic rings. The molecule has 31 heavy (non-hydrogen) atoms. The third kappa shape index (κ3) is 16.5. The van der Waals surface area contributed by atoms with E-state index in [-0.39, 0.29) is 57.7 Å². The predicted molar refractivity (Wildman–Crippen MR) is 120 cm³/mol. The topological polar surface area (TPSA) is 129 Å². The van der Waals surface area contributed by atoms with Gasteiger partial charge < -0.3 is 35.4 Å². The fraction of sp³-hybridized carbons (Fsp3) is 0.773. The van der Waals surface area contributed by atoms with Crippen molar-refractivity contribution in [3.05, 3.63) is 12.7 Å². The van der Waals surface area contributed by atoms with E-state index in [1.54, 1.807) is 6.08 Å². The second kappa shape index (κ2) is 20.1. The van der Waals surface area contributed by atoms with Crippen LogP contribution in [0.15, 0.2) is 12.7 Å². The number of hydrogen-bond acceptors (Lipinski definition) is 7. The summed E-state index contributed by atoms with van der Waals surface area (Å²) in [4.78, 5) is 34.9. The van der Waals surface area contributed by atoms with Gasteiger partial charge in [0, 0.05) is 32.4 Å². The van der Waals surface area contributed by atoms with Crippen LogP contribution in [0.4, 0.5) is 0 Å². The largest absolute Gasteiger partial charge is 0.379 e. The van der Waals surface area contributed by atoms with Crippen molar-refractivity contribution in [2.24, 2.45) is 5.73 Å². The van der Waals surface area contributed by atoms with Crippen molar-refractivity contribution in [1.82, 2.24) is 10.6 Å². The van der Waals surface area contributed by atoms with Gasteiger partial charge in [0.25, 0.3) is 0 Å². The minimum absolute atomic E-state index is 0.114. The Morgan fingerprint density at radius 3 is 2.26 bits per heavy atom. The molecule has 1 atom stereocenters. The van der Waals surface area contributed by atoms with E-state index in [0.29, 0.717) is 32.5 Å². The molecule has 0 aliphatic carbocycles. The smallest absolute Gasteiger partial charge is 0.222 e. The summed E-state index contributed by atoms with van der Waals surface area (Å²) in [5, 5.41) is 5.78. The van der Waals surface area contributed by atoms with E-state index in [4.69, 9.17) is 19.9 Å². The zero-order chi connectivity index (χ0) is 23.2. The van der Waals surface area contributed by atoms with Crippen LogP contribution in [0, 0.1) is 0 Å². The average Bonchev–Trinajstić information content (AvgIpc) is 2.75. The first-order chi connectivity index (χ1) is 15.0. The maximum absolute atomic E-state index is 12.5. The van der Waals surface area contributed by atoms with Gasteiger partial charge >= 0.3 is 0 Å². The molecule has 9 nitrogen and oxygen atoms in total. The first kappa shape index (κ1) is 29.2. The highest BCUT2D eigenvalue weighted by molar-refractivity contribution is 5.77. The summed E-state index contributed by atoms with van der Waals surface area (Å²) in [6, 6.07) is 0. The SMILES string of the molecule is C=CCCCC(=O)NC(COCCC)(COCCC=O)COCCC(=O)NCCCN. The van der Waals surface area contributed by atoms with Crippen LogP contribution >= 0.6 is 0 Å². The normalized spacial score (nSPS) is 12.7. The van der Waals surface area contributed by atoms with Crippen molar-refractivity contribution in [1.29, 1.82) is 0 Å². The number of hydrogen-bond donors (Lipinski definition) is 3. The zero-order valence-electron chi connectivity index (χ0n) is 19.0. The molecule has 0 aromatic heterocycles. The fourth-order valence-corrected chi connectivity index (χ4v) is 2.66. The van der Waals surface area contributed by atoms with Gasteiger partial charge in [-0.3, -0.25) is 9.59 Å². The third-order valence-corrected chi connectivity index (χ3v) is 4.26. The van der Waals surface area contributed by atoms with Crippen LogP contribution in [0.2, 0.25) is 0 Å². The maximum Gasteiger partial charge on any atom is 0.222 e. The Morgan fingerprint density at radius 2 is 1.65 bits per heavy atom. The van der Waals surface area contributed by atoms with Gasteiger partial charge in [0.15, 0.2) is 0 Å². The first-order valence-electron chi connectivity index (χ1n) is 11.1. The second-order valence-corrected chi connectivity index (χ2v) is 7.36. The monoisotopic (exact) mass is 443 g/mol. The molecular weight excluding hydrogens is 402 g/mol. The standard InChI is InChI=1S/C22H41N3O6/c1-3-5-6-9-21(28)25-22(17-29-14-4-2,18-30-15-8-13-26)19-31-16-10-20(27)24-12-7-11-23/h3,13H,1,4-12,14-19,23H2,2H3,(H,24,27)(H,25,28). The molecule has 9 heteroatoms. The van der Waals surface area contributed by atoms with Crippen LogP contribution < -0.4 is 16.4 Å². The maximum atomic E-state index is 12.5. The van der Waals surface area contributed by atoms with E-state index < -0.39 is 5.54 Å². The van der Waals surface area contributed by atoms with Gasteiger partial charge in [-0.2, -0.15) is 0 Å². The predicted octanol–water partition coefficient (Wildman–Crippen LogP) is 1.10. The van der Waals surface area contributed by atoms with Crippen LogP contribution in [0.1, 0.15) is 51.9 Å². The summed E-state index contributed by atoms with van der Waals surface area (Å²) >= 11 is 0. The lowest BCUT2D eigenvalue weighted by atomic mass is 10.0. The Labute approximate surface area is 186 Å². The number of allylic oxidation sites excluding steroid dienone is 1. The van der Waals surface area contributed by atoms with Gasteiger partial charge in [-0.15, -0.1) is 6.58 Å². The van der Waals surface area contributed by atoms with Gasteiger partial charge in [-0.1, -0.05) is 13.0 Å². The lowest BCUT2D eigenvalue weighted by Crippen LogP contribution is -2.58. The molecular formula is C22H41N3O6. The van der Waals surface area contributed by atoms with E-state index >= 15 is 0 Å². The molecule has 0 heterocycles.